The Hall–Kier alpha value is -2.47. The standard InChI is InChI=1S/C15H15N5O/c1-3-16-14-11(1)9-12(10-18-14)13-2-4-17-15(19-13)20-5-7-21-8-6-20/h1-4,9-10H,5-8H2,(H,16,18). The average Bonchev–Trinajstić information content (AvgIpc) is 3.03. The summed E-state index contributed by atoms with van der Waals surface area (Å²) >= 11 is 0. The normalized spacial score (nSPS) is 15.5. The van der Waals surface area contributed by atoms with Crippen molar-refractivity contribution >= 4 is 17.0 Å². The zero-order valence-electron chi connectivity index (χ0n) is 11.5. The Morgan fingerprint density at radius 1 is 1.14 bits per heavy atom. The van der Waals surface area contributed by atoms with E-state index in [9.17, 15) is 0 Å². The maximum absolute atomic E-state index is 5.36. The number of anilines is 1. The monoisotopic (exact) mass is 281 g/mol. The lowest BCUT2D eigenvalue weighted by Crippen LogP contribution is -2.37. The second-order valence-corrected chi connectivity index (χ2v) is 4.98. The maximum atomic E-state index is 5.36. The summed E-state index contributed by atoms with van der Waals surface area (Å²) in [4.78, 5) is 18.7. The smallest absolute Gasteiger partial charge is 0.226 e. The van der Waals surface area contributed by atoms with Crippen molar-refractivity contribution in [2.75, 3.05) is 31.2 Å². The first kappa shape index (κ1) is 12.3. The fourth-order valence-corrected chi connectivity index (χ4v) is 2.50. The van der Waals surface area contributed by atoms with Crippen molar-refractivity contribution < 1.29 is 4.74 Å². The van der Waals surface area contributed by atoms with Gasteiger partial charge < -0.3 is 14.6 Å². The van der Waals surface area contributed by atoms with Crippen LogP contribution < -0.4 is 4.90 Å². The molecule has 6 nitrogen and oxygen atoms in total. The highest BCUT2D eigenvalue weighted by molar-refractivity contribution is 5.80. The SMILES string of the molecule is c1cc(-c2cnc3[nH]ccc3c2)nc(N2CCOCC2)n1. The number of morpholine rings is 1. The average molecular weight is 281 g/mol. The molecular weight excluding hydrogens is 266 g/mol. The third-order valence-electron chi connectivity index (χ3n) is 3.63. The number of hydrogen-bond acceptors (Lipinski definition) is 5. The molecule has 1 saturated heterocycles. The number of nitrogens with one attached hydrogen (secondary N) is 1. The van der Waals surface area contributed by atoms with E-state index < -0.39 is 0 Å². The van der Waals surface area contributed by atoms with Crippen LogP contribution in [0.4, 0.5) is 5.95 Å². The number of fused-ring (bicyclic) bond motifs is 1. The second kappa shape index (κ2) is 5.14. The van der Waals surface area contributed by atoms with Crippen molar-refractivity contribution in [3.8, 4) is 11.3 Å². The Labute approximate surface area is 121 Å². The Morgan fingerprint density at radius 3 is 2.95 bits per heavy atom. The van der Waals surface area contributed by atoms with Crippen LogP contribution in [0.25, 0.3) is 22.3 Å². The first-order valence-electron chi connectivity index (χ1n) is 6.99. The molecular formula is C15H15N5O. The zero-order valence-corrected chi connectivity index (χ0v) is 11.5. The van der Waals surface area contributed by atoms with Crippen LogP contribution in [0.15, 0.2) is 36.8 Å². The highest BCUT2D eigenvalue weighted by Gasteiger charge is 2.14. The molecule has 4 heterocycles. The molecule has 6 heteroatoms. The van der Waals surface area contributed by atoms with Gasteiger partial charge in [0.15, 0.2) is 0 Å². The number of rotatable bonds is 2. The lowest BCUT2D eigenvalue weighted by molar-refractivity contribution is 0.122. The van der Waals surface area contributed by atoms with E-state index in [2.05, 4.69) is 30.9 Å². The number of aromatic amines is 1. The quantitative estimate of drug-likeness (QED) is 0.776. The van der Waals surface area contributed by atoms with Crippen LogP contribution in [0.5, 0.6) is 0 Å². The summed E-state index contributed by atoms with van der Waals surface area (Å²) in [7, 11) is 0. The van der Waals surface area contributed by atoms with Crippen LogP contribution in [0.1, 0.15) is 0 Å². The molecule has 0 spiro atoms. The molecule has 1 N–H and O–H groups in total. The molecule has 1 aliphatic heterocycles. The van der Waals surface area contributed by atoms with Gasteiger partial charge in [0.05, 0.1) is 18.9 Å². The molecule has 4 rings (SSSR count). The predicted octanol–water partition coefficient (Wildman–Crippen LogP) is 1.86. The molecule has 3 aromatic heterocycles. The van der Waals surface area contributed by atoms with Crippen molar-refractivity contribution in [2.45, 2.75) is 0 Å². The first-order chi connectivity index (χ1) is 10.4. The number of pyridine rings is 1. The van der Waals surface area contributed by atoms with Crippen LogP contribution in [0.3, 0.4) is 0 Å². The minimum atomic E-state index is 0.727. The van der Waals surface area contributed by atoms with E-state index in [1.54, 1.807) is 6.20 Å². The van der Waals surface area contributed by atoms with Crippen molar-refractivity contribution in [3.63, 3.8) is 0 Å². The van der Waals surface area contributed by atoms with Crippen molar-refractivity contribution in [1.29, 1.82) is 0 Å². The summed E-state index contributed by atoms with van der Waals surface area (Å²) in [5, 5.41) is 1.08. The summed E-state index contributed by atoms with van der Waals surface area (Å²) in [6.45, 7) is 3.12. The molecule has 0 bridgehead atoms. The number of hydrogen-bond donors (Lipinski definition) is 1. The largest absolute Gasteiger partial charge is 0.378 e. The first-order valence-corrected chi connectivity index (χ1v) is 6.99. The van der Waals surface area contributed by atoms with Gasteiger partial charge in [0.25, 0.3) is 0 Å². The van der Waals surface area contributed by atoms with E-state index >= 15 is 0 Å². The molecule has 106 valence electrons. The molecule has 0 radical (unpaired) electrons. The minimum Gasteiger partial charge on any atom is -0.378 e. The van der Waals surface area contributed by atoms with E-state index in [-0.39, 0.29) is 0 Å². The van der Waals surface area contributed by atoms with Crippen molar-refractivity contribution in [2.24, 2.45) is 0 Å². The molecule has 1 fully saturated rings. The van der Waals surface area contributed by atoms with Gasteiger partial charge in [-0.1, -0.05) is 0 Å². The summed E-state index contributed by atoms with van der Waals surface area (Å²) in [6.07, 6.45) is 5.53. The van der Waals surface area contributed by atoms with E-state index in [0.29, 0.717) is 0 Å². The Balaban J connectivity index is 1.70. The van der Waals surface area contributed by atoms with Gasteiger partial charge in [-0.05, 0) is 18.2 Å². The van der Waals surface area contributed by atoms with Crippen LogP contribution >= 0.6 is 0 Å². The van der Waals surface area contributed by atoms with E-state index in [4.69, 9.17) is 4.74 Å². The lowest BCUT2D eigenvalue weighted by atomic mass is 10.2. The third kappa shape index (κ3) is 2.34. The van der Waals surface area contributed by atoms with E-state index in [1.165, 1.54) is 0 Å². The number of aromatic nitrogens is 4. The van der Waals surface area contributed by atoms with E-state index in [1.807, 2.05) is 24.5 Å². The van der Waals surface area contributed by atoms with Gasteiger partial charge in [0, 0.05) is 42.6 Å². The topological polar surface area (TPSA) is 66.9 Å². The second-order valence-electron chi connectivity index (χ2n) is 4.98. The molecule has 0 aromatic carbocycles. The van der Waals surface area contributed by atoms with Gasteiger partial charge in [-0.15, -0.1) is 0 Å². The summed E-state index contributed by atoms with van der Waals surface area (Å²) in [5.41, 5.74) is 2.78. The predicted molar refractivity (Wildman–Crippen MR) is 80.2 cm³/mol. The molecule has 0 atom stereocenters. The van der Waals surface area contributed by atoms with Gasteiger partial charge in [-0.3, -0.25) is 0 Å². The molecule has 0 saturated carbocycles. The third-order valence-corrected chi connectivity index (χ3v) is 3.63. The Bertz CT molecular complexity index is 763. The maximum Gasteiger partial charge on any atom is 0.226 e. The van der Waals surface area contributed by atoms with Crippen LogP contribution in [0, 0.1) is 0 Å². The highest BCUT2D eigenvalue weighted by Crippen LogP contribution is 2.22. The van der Waals surface area contributed by atoms with Gasteiger partial charge in [-0.25, -0.2) is 15.0 Å². The Kier molecular flexibility index (Phi) is 3.01. The van der Waals surface area contributed by atoms with Crippen LogP contribution in [-0.2, 0) is 4.74 Å². The summed E-state index contributed by atoms with van der Waals surface area (Å²) in [6, 6.07) is 6.01. The number of H-pyrrole nitrogens is 1. The van der Waals surface area contributed by atoms with Crippen LogP contribution in [0.2, 0.25) is 0 Å². The molecule has 0 amide bonds. The molecule has 3 aromatic rings. The fourth-order valence-electron chi connectivity index (χ4n) is 2.50. The molecule has 0 aliphatic carbocycles. The fraction of sp³-hybridized carbons (Fsp3) is 0.267. The van der Waals surface area contributed by atoms with Gasteiger partial charge in [0.1, 0.15) is 5.65 Å². The van der Waals surface area contributed by atoms with Gasteiger partial charge in [0.2, 0.25) is 5.95 Å². The van der Waals surface area contributed by atoms with E-state index in [0.717, 1.165) is 54.5 Å². The zero-order chi connectivity index (χ0) is 14.1. The Morgan fingerprint density at radius 2 is 2.05 bits per heavy atom. The number of ether oxygens (including phenoxy) is 1. The minimum absolute atomic E-state index is 0.727. The summed E-state index contributed by atoms with van der Waals surface area (Å²) in [5.74, 6) is 0.755. The number of nitrogens with zero attached hydrogens (tertiary/aromatic N) is 4. The molecule has 21 heavy (non-hydrogen) atoms. The highest BCUT2D eigenvalue weighted by atomic mass is 16.5. The lowest BCUT2D eigenvalue weighted by Gasteiger charge is -2.26. The molecule has 1 aliphatic rings. The van der Waals surface area contributed by atoms with Gasteiger partial charge in [-0.2, -0.15) is 0 Å². The van der Waals surface area contributed by atoms with Crippen molar-refractivity contribution in [1.82, 2.24) is 19.9 Å². The molecule has 0 unspecified atom stereocenters. The van der Waals surface area contributed by atoms with Crippen molar-refractivity contribution in [3.05, 3.63) is 36.8 Å². The summed E-state index contributed by atoms with van der Waals surface area (Å²) < 4.78 is 5.36. The van der Waals surface area contributed by atoms with Crippen LogP contribution in [-0.4, -0.2) is 46.2 Å². The van der Waals surface area contributed by atoms with Gasteiger partial charge >= 0.3 is 0 Å².